The Hall–Kier alpha value is -5.08. The number of aryl methyl sites for hydroxylation is 4. The van der Waals surface area contributed by atoms with Gasteiger partial charge in [-0.1, -0.05) is 95.6 Å². The first-order valence-corrected chi connectivity index (χ1v) is 14.5. The fourth-order valence-electron chi connectivity index (χ4n) is 5.50. The Bertz CT molecular complexity index is 1770. The van der Waals surface area contributed by atoms with E-state index in [0.29, 0.717) is 0 Å². The minimum Gasteiger partial charge on any atom is -0.311 e. The maximum Gasteiger partial charge on any atom is 0.0490 e. The van der Waals surface area contributed by atoms with E-state index in [4.69, 9.17) is 0 Å². The molecule has 0 heterocycles. The van der Waals surface area contributed by atoms with Crippen LogP contribution < -0.4 is 9.80 Å². The highest BCUT2D eigenvalue weighted by Gasteiger charge is 2.16. The first kappa shape index (κ1) is 27.1. The molecule has 0 amide bonds. The van der Waals surface area contributed by atoms with Gasteiger partial charge in [-0.05, 0) is 111 Å². The van der Waals surface area contributed by atoms with E-state index in [2.05, 4.69) is 183 Å². The Morgan fingerprint density at radius 2 is 0.714 bits per heavy atom. The fraction of sp³-hybridized carbons (Fsp3) is 0.100. The number of anilines is 6. The lowest BCUT2D eigenvalue weighted by atomic mass is 10.0. The van der Waals surface area contributed by atoms with Crippen LogP contribution in [-0.2, 0) is 0 Å². The molecule has 0 N–H and O–H groups in total. The van der Waals surface area contributed by atoms with Crippen molar-refractivity contribution in [3.63, 3.8) is 0 Å². The van der Waals surface area contributed by atoms with Crippen molar-refractivity contribution < 1.29 is 0 Å². The molecule has 6 aromatic rings. The van der Waals surface area contributed by atoms with Gasteiger partial charge in [-0.25, -0.2) is 0 Å². The average molecular weight is 545 g/mol. The second-order valence-corrected chi connectivity index (χ2v) is 11.1. The number of rotatable bonds is 7. The average Bonchev–Trinajstić information content (AvgIpc) is 3.02. The topological polar surface area (TPSA) is 6.48 Å². The molecule has 42 heavy (non-hydrogen) atoms. The quantitative estimate of drug-likeness (QED) is 0.197. The largest absolute Gasteiger partial charge is 0.311 e. The molecule has 0 saturated heterocycles. The summed E-state index contributed by atoms with van der Waals surface area (Å²) in [5.74, 6) is 0. The molecule has 0 radical (unpaired) electrons. The standard InChI is InChI=1S/C40H36N2/c1-29-10-19-36(20-11-29)41(35-8-6-5-7-9-35)37-23-15-33(16-24-37)34-17-25-39(26-18-34)42(38-21-12-30(2)13-22-38)40-27-14-31(3)28-32(40)4/h5-28H,1-4H3. The summed E-state index contributed by atoms with van der Waals surface area (Å²) in [6.45, 7) is 8.59. The van der Waals surface area contributed by atoms with Crippen LogP contribution in [0.5, 0.6) is 0 Å². The fourth-order valence-corrected chi connectivity index (χ4v) is 5.50. The van der Waals surface area contributed by atoms with E-state index in [1.807, 2.05) is 0 Å². The number of para-hydroxylation sites is 1. The number of hydrogen-bond donors (Lipinski definition) is 0. The van der Waals surface area contributed by atoms with Gasteiger partial charge in [0.2, 0.25) is 0 Å². The Kier molecular flexibility index (Phi) is 7.62. The molecular weight excluding hydrogens is 508 g/mol. The number of benzene rings is 6. The van der Waals surface area contributed by atoms with Crippen molar-refractivity contribution in [1.82, 2.24) is 0 Å². The lowest BCUT2D eigenvalue weighted by Crippen LogP contribution is -2.11. The molecular formula is C40H36N2. The lowest BCUT2D eigenvalue weighted by Gasteiger charge is -2.27. The Labute approximate surface area is 250 Å². The van der Waals surface area contributed by atoms with Crippen LogP contribution in [0.15, 0.2) is 146 Å². The Morgan fingerprint density at radius 1 is 0.333 bits per heavy atom. The second kappa shape index (κ2) is 11.8. The molecule has 0 aliphatic rings. The van der Waals surface area contributed by atoms with Crippen LogP contribution in [0.25, 0.3) is 11.1 Å². The summed E-state index contributed by atoms with van der Waals surface area (Å²) in [7, 11) is 0. The lowest BCUT2D eigenvalue weighted by molar-refractivity contribution is 1.23. The van der Waals surface area contributed by atoms with E-state index in [0.717, 1.165) is 28.4 Å². The highest BCUT2D eigenvalue weighted by Crippen LogP contribution is 2.39. The minimum atomic E-state index is 1.13. The van der Waals surface area contributed by atoms with Gasteiger partial charge < -0.3 is 9.80 Å². The second-order valence-electron chi connectivity index (χ2n) is 11.1. The zero-order valence-electron chi connectivity index (χ0n) is 24.8. The third-order valence-electron chi connectivity index (χ3n) is 7.78. The van der Waals surface area contributed by atoms with Crippen LogP contribution >= 0.6 is 0 Å². The molecule has 0 aliphatic heterocycles. The zero-order chi connectivity index (χ0) is 29.1. The van der Waals surface area contributed by atoms with Crippen molar-refractivity contribution in [3.05, 3.63) is 168 Å². The smallest absolute Gasteiger partial charge is 0.0490 e. The van der Waals surface area contributed by atoms with Crippen molar-refractivity contribution in [2.45, 2.75) is 27.7 Å². The van der Waals surface area contributed by atoms with Crippen molar-refractivity contribution in [2.24, 2.45) is 0 Å². The summed E-state index contributed by atoms with van der Waals surface area (Å²) < 4.78 is 0. The summed E-state index contributed by atoms with van der Waals surface area (Å²) in [6, 6.07) is 52.4. The molecule has 0 aliphatic carbocycles. The van der Waals surface area contributed by atoms with Crippen molar-refractivity contribution >= 4 is 34.1 Å². The van der Waals surface area contributed by atoms with Crippen LogP contribution in [0.3, 0.4) is 0 Å². The molecule has 0 aromatic heterocycles. The highest BCUT2D eigenvalue weighted by molar-refractivity contribution is 5.81. The zero-order valence-corrected chi connectivity index (χ0v) is 24.8. The molecule has 206 valence electrons. The maximum absolute atomic E-state index is 2.35. The summed E-state index contributed by atoms with van der Waals surface area (Å²) in [4.78, 5) is 4.65. The molecule has 6 aromatic carbocycles. The number of nitrogens with zero attached hydrogens (tertiary/aromatic N) is 2. The van der Waals surface area contributed by atoms with Crippen LogP contribution in [-0.4, -0.2) is 0 Å². The van der Waals surface area contributed by atoms with Gasteiger partial charge >= 0.3 is 0 Å². The third kappa shape index (κ3) is 5.70. The predicted octanol–water partition coefficient (Wildman–Crippen LogP) is 11.5. The predicted molar refractivity (Wildman–Crippen MR) is 180 cm³/mol. The molecule has 2 heteroatoms. The molecule has 0 spiro atoms. The maximum atomic E-state index is 2.35. The van der Waals surface area contributed by atoms with E-state index in [-0.39, 0.29) is 0 Å². The Balaban J connectivity index is 1.33. The first-order valence-electron chi connectivity index (χ1n) is 14.5. The van der Waals surface area contributed by atoms with Gasteiger partial charge in [0.25, 0.3) is 0 Å². The van der Waals surface area contributed by atoms with Gasteiger partial charge in [-0.15, -0.1) is 0 Å². The van der Waals surface area contributed by atoms with Gasteiger partial charge in [0, 0.05) is 34.1 Å². The van der Waals surface area contributed by atoms with E-state index >= 15 is 0 Å². The normalized spacial score (nSPS) is 10.9. The first-order chi connectivity index (χ1) is 20.5. The van der Waals surface area contributed by atoms with Gasteiger partial charge in [0.1, 0.15) is 0 Å². The van der Waals surface area contributed by atoms with E-state index < -0.39 is 0 Å². The highest BCUT2D eigenvalue weighted by atomic mass is 15.1. The molecule has 0 bridgehead atoms. The van der Waals surface area contributed by atoms with Gasteiger partial charge in [-0.3, -0.25) is 0 Å². The van der Waals surface area contributed by atoms with Gasteiger partial charge in [0.05, 0.1) is 0 Å². The summed E-state index contributed by atoms with van der Waals surface area (Å²) in [5, 5.41) is 0. The number of hydrogen-bond acceptors (Lipinski definition) is 2. The van der Waals surface area contributed by atoms with Crippen molar-refractivity contribution in [3.8, 4) is 11.1 Å². The molecule has 6 rings (SSSR count). The van der Waals surface area contributed by atoms with Gasteiger partial charge in [-0.2, -0.15) is 0 Å². The van der Waals surface area contributed by atoms with E-state index in [1.54, 1.807) is 0 Å². The minimum absolute atomic E-state index is 1.13. The SMILES string of the molecule is Cc1ccc(N(c2ccccc2)c2ccc(-c3ccc(N(c4ccc(C)cc4)c4ccc(C)cc4C)cc3)cc2)cc1. The van der Waals surface area contributed by atoms with E-state index in [1.165, 1.54) is 39.1 Å². The molecule has 0 saturated carbocycles. The summed E-state index contributed by atoms with van der Waals surface area (Å²) in [6.07, 6.45) is 0. The summed E-state index contributed by atoms with van der Waals surface area (Å²) >= 11 is 0. The molecule has 0 fully saturated rings. The third-order valence-corrected chi connectivity index (χ3v) is 7.78. The van der Waals surface area contributed by atoms with Crippen LogP contribution in [0.2, 0.25) is 0 Å². The van der Waals surface area contributed by atoms with Crippen molar-refractivity contribution in [2.75, 3.05) is 9.80 Å². The Morgan fingerprint density at radius 3 is 1.17 bits per heavy atom. The van der Waals surface area contributed by atoms with Crippen molar-refractivity contribution in [1.29, 1.82) is 0 Å². The molecule has 0 atom stereocenters. The van der Waals surface area contributed by atoms with E-state index in [9.17, 15) is 0 Å². The summed E-state index contributed by atoms with van der Waals surface area (Å²) in [5.41, 5.74) is 14.3. The van der Waals surface area contributed by atoms with Crippen LogP contribution in [0.1, 0.15) is 22.3 Å². The van der Waals surface area contributed by atoms with Crippen LogP contribution in [0.4, 0.5) is 34.1 Å². The monoisotopic (exact) mass is 544 g/mol. The molecule has 2 nitrogen and oxygen atoms in total. The van der Waals surface area contributed by atoms with Gasteiger partial charge in [0.15, 0.2) is 0 Å². The molecule has 0 unspecified atom stereocenters. The van der Waals surface area contributed by atoms with Crippen LogP contribution in [0, 0.1) is 27.7 Å².